The Balaban J connectivity index is 1.64. The Morgan fingerprint density at radius 2 is 1.71 bits per heavy atom. The Bertz CT molecular complexity index is 960. The van der Waals surface area contributed by atoms with Crippen LogP contribution < -0.4 is 10.6 Å². The fraction of sp³-hybridized carbons (Fsp3) is 0.227. The highest BCUT2D eigenvalue weighted by molar-refractivity contribution is 7.14. The maximum Gasteiger partial charge on any atom is 0.257 e. The minimum Gasteiger partial charge on any atom is -0.352 e. The van der Waals surface area contributed by atoms with Crippen molar-refractivity contribution in [2.24, 2.45) is 0 Å². The second-order valence-electron chi connectivity index (χ2n) is 6.88. The monoisotopic (exact) mass is 393 g/mol. The molecule has 0 bridgehead atoms. The molecule has 1 aromatic heterocycles. The molecule has 6 heteroatoms. The minimum atomic E-state index is -0.206. The zero-order valence-electron chi connectivity index (χ0n) is 16.2. The molecule has 0 aliphatic rings. The van der Waals surface area contributed by atoms with Gasteiger partial charge in [0.2, 0.25) is 5.91 Å². The highest BCUT2D eigenvalue weighted by Gasteiger charge is 2.10. The number of amides is 2. The van der Waals surface area contributed by atoms with Crippen LogP contribution in [0.3, 0.4) is 0 Å². The lowest BCUT2D eigenvalue weighted by Gasteiger charge is -2.06. The van der Waals surface area contributed by atoms with E-state index < -0.39 is 0 Å². The third-order valence-electron chi connectivity index (χ3n) is 4.36. The predicted octanol–water partition coefficient (Wildman–Crippen LogP) is 4.82. The highest BCUT2D eigenvalue weighted by Crippen LogP contribution is 2.26. The van der Waals surface area contributed by atoms with Gasteiger partial charge >= 0.3 is 0 Å². The van der Waals surface area contributed by atoms with Gasteiger partial charge in [-0.15, -0.1) is 11.3 Å². The molecule has 28 heavy (non-hydrogen) atoms. The van der Waals surface area contributed by atoms with Crippen LogP contribution in [0.25, 0.3) is 11.3 Å². The number of nitrogens with one attached hydrogen (secondary N) is 2. The van der Waals surface area contributed by atoms with Crippen LogP contribution in [0.15, 0.2) is 53.9 Å². The van der Waals surface area contributed by atoms with E-state index in [4.69, 9.17) is 0 Å². The maximum atomic E-state index is 12.4. The van der Waals surface area contributed by atoms with Gasteiger partial charge < -0.3 is 5.32 Å². The predicted molar refractivity (Wildman–Crippen MR) is 114 cm³/mol. The topological polar surface area (TPSA) is 71.1 Å². The van der Waals surface area contributed by atoms with Crippen LogP contribution in [0.2, 0.25) is 0 Å². The van der Waals surface area contributed by atoms with Gasteiger partial charge in [-0.1, -0.05) is 50.2 Å². The van der Waals surface area contributed by atoms with Gasteiger partial charge in [-0.2, -0.15) is 0 Å². The van der Waals surface area contributed by atoms with E-state index in [0.29, 0.717) is 23.2 Å². The number of thiazole rings is 1. The number of carbonyl (C=O) groups is 2. The van der Waals surface area contributed by atoms with E-state index >= 15 is 0 Å². The average Bonchev–Trinajstić information content (AvgIpc) is 3.15. The fourth-order valence-corrected chi connectivity index (χ4v) is 3.39. The molecular formula is C22H23N3O2S. The SMILES string of the molecule is CC(=O)NCc1ccc(C(=O)Nc2nc(-c3ccc(C(C)C)cc3)cs2)cc1. The van der Waals surface area contributed by atoms with Crippen molar-refractivity contribution in [3.05, 3.63) is 70.6 Å². The van der Waals surface area contributed by atoms with Crippen LogP contribution >= 0.6 is 11.3 Å². The van der Waals surface area contributed by atoms with E-state index in [2.05, 4.69) is 53.7 Å². The Morgan fingerprint density at radius 1 is 1.04 bits per heavy atom. The number of anilines is 1. The van der Waals surface area contributed by atoms with Crippen LogP contribution in [0.1, 0.15) is 48.2 Å². The van der Waals surface area contributed by atoms with Crippen molar-refractivity contribution in [2.45, 2.75) is 33.2 Å². The molecule has 0 aliphatic heterocycles. The maximum absolute atomic E-state index is 12.4. The molecule has 0 atom stereocenters. The van der Waals surface area contributed by atoms with Gasteiger partial charge in [-0.05, 0) is 29.2 Å². The summed E-state index contributed by atoms with van der Waals surface area (Å²) in [5, 5.41) is 8.08. The summed E-state index contributed by atoms with van der Waals surface area (Å²) in [6, 6.07) is 15.5. The Kier molecular flexibility index (Phi) is 6.21. The van der Waals surface area contributed by atoms with Gasteiger partial charge in [0, 0.05) is 30.0 Å². The normalized spacial score (nSPS) is 10.7. The van der Waals surface area contributed by atoms with Gasteiger partial charge in [0.15, 0.2) is 5.13 Å². The Labute approximate surface area is 168 Å². The molecular weight excluding hydrogens is 370 g/mol. The van der Waals surface area contributed by atoms with E-state index in [1.165, 1.54) is 23.8 Å². The molecule has 0 spiro atoms. The molecule has 0 saturated carbocycles. The van der Waals surface area contributed by atoms with E-state index in [1.54, 1.807) is 12.1 Å². The third kappa shape index (κ3) is 5.04. The molecule has 2 aromatic carbocycles. The first kappa shape index (κ1) is 19.8. The molecule has 0 radical (unpaired) electrons. The second kappa shape index (κ2) is 8.80. The number of nitrogens with zero attached hydrogens (tertiary/aromatic N) is 1. The van der Waals surface area contributed by atoms with Crippen LogP contribution in [0.5, 0.6) is 0 Å². The lowest BCUT2D eigenvalue weighted by molar-refractivity contribution is -0.119. The van der Waals surface area contributed by atoms with Crippen molar-refractivity contribution >= 4 is 28.3 Å². The summed E-state index contributed by atoms with van der Waals surface area (Å²) >= 11 is 1.40. The van der Waals surface area contributed by atoms with E-state index in [1.807, 2.05) is 17.5 Å². The molecule has 0 unspecified atom stereocenters. The number of carbonyl (C=O) groups excluding carboxylic acids is 2. The third-order valence-corrected chi connectivity index (χ3v) is 5.11. The van der Waals surface area contributed by atoms with Gasteiger partial charge in [0.1, 0.15) is 0 Å². The van der Waals surface area contributed by atoms with Crippen LogP contribution in [0.4, 0.5) is 5.13 Å². The first-order chi connectivity index (χ1) is 13.4. The molecule has 1 heterocycles. The van der Waals surface area contributed by atoms with Gasteiger partial charge in [0.05, 0.1) is 5.69 Å². The Morgan fingerprint density at radius 3 is 2.32 bits per heavy atom. The Hall–Kier alpha value is -2.99. The summed E-state index contributed by atoms with van der Waals surface area (Å²) in [6.45, 7) is 6.25. The van der Waals surface area contributed by atoms with Crippen molar-refractivity contribution < 1.29 is 9.59 Å². The van der Waals surface area contributed by atoms with E-state index in [-0.39, 0.29) is 11.8 Å². The number of hydrogen-bond donors (Lipinski definition) is 2. The zero-order valence-corrected chi connectivity index (χ0v) is 17.0. The van der Waals surface area contributed by atoms with E-state index in [9.17, 15) is 9.59 Å². The van der Waals surface area contributed by atoms with Crippen molar-refractivity contribution in [3.8, 4) is 11.3 Å². The molecule has 0 saturated heterocycles. The first-order valence-corrected chi connectivity index (χ1v) is 10.0. The number of hydrogen-bond acceptors (Lipinski definition) is 4. The van der Waals surface area contributed by atoms with Crippen LogP contribution in [0, 0.1) is 0 Å². The van der Waals surface area contributed by atoms with Crippen molar-refractivity contribution in [1.29, 1.82) is 0 Å². The molecule has 5 nitrogen and oxygen atoms in total. The lowest BCUT2D eigenvalue weighted by atomic mass is 10.0. The quantitative estimate of drug-likeness (QED) is 0.631. The number of benzene rings is 2. The summed E-state index contributed by atoms with van der Waals surface area (Å²) in [5.74, 6) is 0.200. The van der Waals surface area contributed by atoms with Gasteiger partial charge in [-0.25, -0.2) is 4.98 Å². The summed E-state index contributed by atoms with van der Waals surface area (Å²) < 4.78 is 0. The summed E-state index contributed by atoms with van der Waals surface area (Å²) in [7, 11) is 0. The first-order valence-electron chi connectivity index (χ1n) is 9.13. The molecule has 2 N–H and O–H groups in total. The molecule has 144 valence electrons. The zero-order chi connectivity index (χ0) is 20.1. The number of aromatic nitrogens is 1. The standard InChI is InChI=1S/C22H23N3O2S/c1-14(2)17-8-10-18(11-9-17)20-13-28-22(24-20)25-21(27)19-6-4-16(5-7-19)12-23-15(3)26/h4-11,13-14H,12H2,1-3H3,(H,23,26)(H,24,25,27). The summed E-state index contributed by atoms with van der Waals surface area (Å²) in [5.41, 5.74) is 4.65. The van der Waals surface area contributed by atoms with Crippen LogP contribution in [-0.4, -0.2) is 16.8 Å². The lowest BCUT2D eigenvalue weighted by Crippen LogP contribution is -2.19. The molecule has 2 amide bonds. The molecule has 3 aromatic rings. The van der Waals surface area contributed by atoms with E-state index in [0.717, 1.165) is 16.8 Å². The molecule has 3 rings (SSSR count). The number of rotatable bonds is 6. The van der Waals surface area contributed by atoms with Crippen molar-refractivity contribution in [1.82, 2.24) is 10.3 Å². The average molecular weight is 394 g/mol. The largest absolute Gasteiger partial charge is 0.352 e. The highest BCUT2D eigenvalue weighted by atomic mass is 32.1. The van der Waals surface area contributed by atoms with Gasteiger partial charge in [0.25, 0.3) is 5.91 Å². The fourth-order valence-electron chi connectivity index (χ4n) is 2.67. The van der Waals surface area contributed by atoms with Gasteiger partial charge in [-0.3, -0.25) is 14.9 Å². The summed E-state index contributed by atoms with van der Waals surface area (Å²) in [6.07, 6.45) is 0. The second-order valence-corrected chi connectivity index (χ2v) is 7.73. The molecule has 0 fully saturated rings. The van der Waals surface area contributed by atoms with Crippen molar-refractivity contribution in [3.63, 3.8) is 0 Å². The van der Waals surface area contributed by atoms with Crippen molar-refractivity contribution in [2.75, 3.05) is 5.32 Å². The smallest absolute Gasteiger partial charge is 0.257 e. The van der Waals surface area contributed by atoms with Crippen LogP contribution in [-0.2, 0) is 11.3 Å². The minimum absolute atomic E-state index is 0.0831. The molecule has 0 aliphatic carbocycles. The summed E-state index contributed by atoms with van der Waals surface area (Å²) in [4.78, 5) is 27.9.